The average molecular weight is 515 g/mol. The first kappa shape index (κ1) is 33.2. The summed E-state index contributed by atoms with van der Waals surface area (Å²) in [6.45, 7) is 4.47. The van der Waals surface area contributed by atoms with E-state index in [1.54, 1.807) is 0 Å². The Kier molecular flexibility index (Phi) is 19.4. The van der Waals surface area contributed by atoms with Gasteiger partial charge in [-0.25, -0.2) is 0 Å². The van der Waals surface area contributed by atoms with Crippen molar-refractivity contribution in [1.82, 2.24) is 0 Å². The molecule has 0 amide bonds. The second-order valence-corrected chi connectivity index (χ2v) is 10.8. The third-order valence-corrected chi connectivity index (χ3v) is 7.71. The highest BCUT2D eigenvalue weighted by Gasteiger charge is 2.23. The quantitative estimate of drug-likeness (QED) is 0.144. The van der Waals surface area contributed by atoms with Crippen molar-refractivity contribution in [1.29, 1.82) is 21.0 Å². The van der Waals surface area contributed by atoms with E-state index in [1.807, 2.05) is 0 Å². The Morgan fingerprint density at radius 2 is 0.553 bits per heavy atom. The fraction of sp³-hybridized carbons (Fsp3) is 0.706. The van der Waals surface area contributed by atoms with Crippen LogP contribution in [-0.4, -0.2) is 0 Å². The third kappa shape index (κ3) is 12.1. The van der Waals surface area contributed by atoms with Crippen LogP contribution in [0.3, 0.4) is 0 Å². The summed E-state index contributed by atoms with van der Waals surface area (Å²) in [7, 11) is 0. The highest BCUT2D eigenvalue weighted by atomic mass is 14.4. The van der Waals surface area contributed by atoms with Gasteiger partial charge in [0.25, 0.3) is 0 Å². The van der Waals surface area contributed by atoms with Gasteiger partial charge in [0.05, 0.1) is 22.3 Å². The molecule has 0 N–H and O–H groups in total. The molecular weight excluding hydrogens is 464 g/mol. The van der Waals surface area contributed by atoms with Crippen LogP contribution in [0.1, 0.15) is 176 Å². The van der Waals surface area contributed by atoms with Crippen LogP contribution in [0, 0.1) is 45.3 Å². The molecule has 0 bridgehead atoms. The Labute approximate surface area is 233 Å². The summed E-state index contributed by atoms with van der Waals surface area (Å²) in [6.07, 6.45) is 25.3. The number of hydrogen-bond acceptors (Lipinski definition) is 4. The van der Waals surface area contributed by atoms with E-state index in [9.17, 15) is 21.0 Å². The van der Waals surface area contributed by atoms with Gasteiger partial charge in [0.15, 0.2) is 0 Å². The lowest BCUT2D eigenvalue weighted by Crippen LogP contribution is -2.08. The van der Waals surface area contributed by atoms with E-state index in [-0.39, 0.29) is 0 Å². The predicted octanol–water partition coefficient (Wildman–Crippen LogP) is 10.1. The minimum absolute atomic E-state index is 0.320. The van der Waals surface area contributed by atoms with E-state index in [0.717, 1.165) is 38.5 Å². The van der Waals surface area contributed by atoms with Crippen molar-refractivity contribution in [2.75, 3.05) is 0 Å². The summed E-state index contributed by atoms with van der Waals surface area (Å²) < 4.78 is 0. The van der Waals surface area contributed by atoms with Gasteiger partial charge in [-0.05, 0) is 36.8 Å². The maximum absolute atomic E-state index is 9.95. The Morgan fingerprint density at radius 1 is 0.342 bits per heavy atom. The van der Waals surface area contributed by atoms with E-state index in [0.29, 0.717) is 46.2 Å². The Balaban J connectivity index is 2.70. The molecule has 0 saturated heterocycles. The zero-order valence-electron chi connectivity index (χ0n) is 24.3. The molecule has 4 heteroatoms. The molecule has 0 heterocycles. The number of unbranched alkanes of at least 4 members (excludes halogenated alkanes) is 18. The fourth-order valence-electron chi connectivity index (χ4n) is 5.43. The van der Waals surface area contributed by atoms with Crippen molar-refractivity contribution >= 4 is 0 Å². The number of nitrogens with zero attached hydrogens (tertiary/aromatic N) is 4. The minimum Gasteiger partial charge on any atom is -0.192 e. The topological polar surface area (TPSA) is 95.2 Å². The number of hydrogen-bond donors (Lipinski definition) is 0. The Bertz CT molecular complexity index is 833. The van der Waals surface area contributed by atoms with Crippen LogP contribution in [0.4, 0.5) is 0 Å². The molecule has 0 aliphatic carbocycles. The van der Waals surface area contributed by atoms with Crippen LogP contribution < -0.4 is 0 Å². The van der Waals surface area contributed by atoms with Gasteiger partial charge >= 0.3 is 0 Å². The molecule has 0 spiro atoms. The highest BCUT2D eigenvalue weighted by Crippen LogP contribution is 2.30. The molecule has 1 rings (SSSR count). The lowest BCUT2D eigenvalue weighted by molar-refractivity contribution is 0.555. The molecule has 1 aromatic rings. The normalized spacial score (nSPS) is 10.5. The summed E-state index contributed by atoms with van der Waals surface area (Å²) in [5.41, 5.74) is 2.49. The Hall–Kier alpha value is -2.82. The van der Waals surface area contributed by atoms with Crippen molar-refractivity contribution in [3.63, 3.8) is 0 Å². The van der Waals surface area contributed by atoms with Crippen LogP contribution in [-0.2, 0) is 12.8 Å². The van der Waals surface area contributed by atoms with E-state index in [4.69, 9.17) is 0 Å². The average Bonchev–Trinajstić information content (AvgIpc) is 2.94. The maximum atomic E-state index is 9.95. The second-order valence-electron chi connectivity index (χ2n) is 10.8. The van der Waals surface area contributed by atoms with E-state index in [1.165, 1.54) is 89.9 Å². The van der Waals surface area contributed by atoms with Crippen LogP contribution in [0.25, 0.3) is 0 Å². The van der Waals surface area contributed by atoms with Gasteiger partial charge in [-0.15, -0.1) is 0 Å². The monoisotopic (exact) mass is 514 g/mol. The molecule has 0 radical (unpaired) electrons. The fourth-order valence-corrected chi connectivity index (χ4v) is 5.43. The van der Waals surface area contributed by atoms with Gasteiger partial charge in [0.2, 0.25) is 0 Å². The molecular formula is C34H50N4. The highest BCUT2D eigenvalue weighted by molar-refractivity contribution is 5.67. The van der Waals surface area contributed by atoms with Crippen LogP contribution in [0.5, 0.6) is 0 Å². The molecule has 0 fully saturated rings. The number of benzene rings is 1. The molecule has 0 unspecified atom stereocenters. The van der Waals surface area contributed by atoms with Gasteiger partial charge in [-0.1, -0.05) is 129 Å². The van der Waals surface area contributed by atoms with E-state index in [2.05, 4.69) is 38.1 Å². The van der Waals surface area contributed by atoms with Gasteiger partial charge < -0.3 is 0 Å². The molecule has 0 aliphatic heterocycles. The molecule has 1 aromatic carbocycles. The van der Waals surface area contributed by atoms with Crippen molar-refractivity contribution in [3.05, 3.63) is 33.4 Å². The van der Waals surface area contributed by atoms with Crippen molar-refractivity contribution in [2.24, 2.45) is 0 Å². The first-order chi connectivity index (χ1) is 18.7. The van der Waals surface area contributed by atoms with Crippen LogP contribution >= 0.6 is 0 Å². The predicted molar refractivity (Wildman–Crippen MR) is 156 cm³/mol. The molecule has 0 aromatic heterocycles. The Morgan fingerprint density at radius 3 is 0.763 bits per heavy atom. The summed E-state index contributed by atoms with van der Waals surface area (Å²) in [6, 6.07) is 8.89. The van der Waals surface area contributed by atoms with Crippen molar-refractivity contribution in [3.8, 4) is 24.3 Å². The summed E-state index contributed by atoms with van der Waals surface area (Å²) >= 11 is 0. The van der Waals surface area contributed by atoms with E-state index < -0.39 is 0 Å². The molecule has 0 aliphatic rings. The second kappa shape index (κ2) is 22.2. The SMILES string of the molecule is CCCCCCCCCCCCc1c(C#N)c(C#N)c(CCCCCCCCCCCC)c(C#N)c1C#N. The van der Waals surface area contributed by atoms with Gasteiger partial charge in [0, 0.05) is 0 Å². The van der Waals surface area contributed by atoms with Gasteiger partial charge in [-0.3, -0.25) is 0 Å². The number of nitriles is 4. The lowest BCUT2D eigenvalue weighted by atomic mass is 9.84. The molecule has 0 atom stereocenters. The standard InChI is InChI=1S/C34H50N4/c1-3-5-7-9-11-13-15-17-19-21-23-29-31(25-35)33(27-37)30(34(28-38)32(29)26-36)24-22-20-18-16-14-12-10-8-6-4-2/h3-24H2,1-2H3. The molecule has 38 heavy (non-hydrogen) atoms. The molecule has 0 saturated carbocycles. The zero-order valence-corrected chi connectivity index (χ0v) is 24.3. The first-order valence-corrected chi connectivity index (χ1v) is 15.5. The molecule has 206 valence electrons. The summed E-state index contributed by atoms with van der Waals surface area (Å²) in [5, 5.41) is 39.8. The van der Waals surface area contributed by atoms with Crippen LogP contribution in [0.15, 0.2) is 0 Å². The first-order valence-electron chi connectivity index (χ1n) is 15.5. The third-order valence-electron chi connectivity index (χ3n) is 7.71. The molecule has 4 nitrogen and oxygen atoms in total. The zero-order chi connectivity index (χ0) is 27.8. The van der Waals surface area contributed by atoms with Crippen molar-refractivity contribution < 1.29 is 0 Å². The maximum Gasteiger partial charge on any atom is 0.101 e. The number of rotatable bonds is 22. The van der Waals surface area contributed by atoms with Crippen LogP contribution in [0.2, 0.25) is 0 Å². The summed E-state index contributed by atoms with van der Waals surface area (Å²) in [5.74, 6) is 0. The summed E-state index contributed by atoms with van der Waals surface area (Å²) in [4.78, 5) is 0. The largest absolute Gasteiger partial charge is 0.192 e. The lowest BCUT2D eigenvalue weighted by Gasteiger charge is -2.15. The van der Waals surface area contributed by atoms with Gasteiger partial charge in [0.1, 0.15) is 24.3 Å². The minimum atomic E-state index is 0.320. The smallest absolute Gasteiger partial charge is 0.101 e. The van der Waals surface area contributed by atoms with Crippen molar-refractivity contribution in [2.45, 2.75) is 155 Å². The van der Waals surface area contributed by atoms with Gasteiger partial charge in [-0.2, -0.15) is 21.0 Å². The van der Waals surface area contributed by atoms with E-state index >= 15 is 0 Å².